The summed E-state index contributed by atoms with van der Waals surface area (Å²) in [5.41, 5.74) is 14.5. The minimum absolute atomic E-state index is 0.857. The smallest absolute Gasteiger partial charge is 0.136 e. The number of nitrogens with zero attached hydrogens (tertiary/aromatic N) is 2. The first-order valence-corrected chi connectivity index (χ1v) is 20.0. The maximum atomic E-state index is 6.45. The largest absolute Gasteiger partial charge is 0.456 e. The van der Waals surface area contributed by atoms with Crippen LogP contribution in [0.25, 0.3) is 132 Å². The van der Waals surface area contributed by atoms with E-state index in [9.17, 15) is 0 Å². The van der Waals surface area contributed by atoms with E-state index in [1.165, 1.54) is 43.7 Å². The van der Waals surface area contributed by atoms with Crippen molar-refractivity contribution in [2.75, 3.05) is 0 Å². The third kappa shape index (κ3) is 4.28. The van der Waals surface area contributed by atoms with Gasteiger partial charge in [0.05, 0.1) is 22.1 Å². The maximum Gasteiger partial charge on any atom is 0.136 e. The van der Waals surface area contributed by atoms with Crippen molar-refractivity contribution in [3.05, 3.63) is 182 Å². The highest BCUT2D eigenvalue weighted by Crippen LogP contribution is 2.41. The van der Waals surface area contributed by atoms with Crippen LogP contribution >= 0.6 is 0 Å². The van der Waals surface area contributed by atoms with Crippen LogP contribution < -0.4 is 0 Å². The van der Waals surface area contributed by atoms with Crippen LogP contribution in [-0.2, 0) is 0 Å². The molecule has 14 aromatic rings. The minimum Gasteiger partial charge on any atom is -0.456 e. The zero-order valence-electron chi connectivity index (χ0n) is 31.4. The summed E-state index contributed by atoms with van der Waals surface area (Å²) in [6.45, 7) is 0. The molecule has 0 N–H and O–H groups in total. The van der Waals surface area contributed by atoms with Gasteiger partial charge in [-0.3, -0.25) is 0 Å². The van der Waals surface area contributed by atoms with Crippen molar-refractivity contribution in [2.24, 2.45) is 0 Å². The van der Waals surface area contributed by atoms with Crippen LogP contribution in [0.4, 0.5) is 0 Å². The summed E-state index contributed by atoms with van der Waals surface area (Å²) >= 11 is 0. The Bertz CT molecular complexity index is 4090. The number of aromatic nitrogens is 2. The van der Waals surface area contributed by atoms with Crippen LogP contribution in [0.3, 0.4) is 0 Å². The SMILES string of the molecule is c1ccc2c(c1)oc1ccc(-n3c4ccccc4c4cc(-c5ccc6c(c5)c5ccccc5n6-c5ccc6oc7cc8c(cc7c6c5)oc5ccccc58)ccc43)cc12. The number of furan rings is 3. The van der Waals surface area contributed by atoms with Gasteiger partial charge < -0.3 is 22.4 Å². The molecule has 9 aromatic carbocycles. The summed E-state index contributed by atoms with van der Waals surface area (Å²) in [5, 5.41) is 11.4. The average Bonchev–Trinajstić information content (AvgIpc) is 4.09. The van der Waals surface area contributed by atoms with Crippen molar-refractivity contribution in [3.8, 4) is 22.5 Å². The Balaban J connectivity index is 0.922. The van der Waals surface area contributed by atoms with Crippen LogP contribution in [0.2, 0.25) is 0 Å². The van der Waals surface area contributed by atoms with E-state index in [0.29, 0.717) is 0 Å². The van der Waals surface area contributed by atoms with E-state index >= 15 is 0 Å². The molecule has 0 atom stereocenters. The second-order valence-corrected chi connectivity index (χ2v) is 15.7. The van der Waals surface area contributed by atoms with E-state index in [4.69, 9.17) is 13.3 Å². The first-order chi connectivity index (χ1) is 29.2. The molecule has 0 aliphatic heterocycles. The number of benzene rings is 9. The molecule has 5 aromatic heterocycles. The third-order valence-electron chi connectivity index (χ3n) is 12.5. The first-order valence-electron chi connectivity index (χ1n) is 20.0. The van der Waals surface area contributed by atoms with Gasteiger partial charge in [-0.1, -0.05) is 84.9 Å². The first kappa shape index (κ1) is 31.1. The van der Waals surface area contributed by atoms with Crippen LogP contribution in [0.15, 0.2) is 195 Å². The van der Waals surface area contributed by atoms with Crippen molar-refractivity contribution in [3.63, 3.8) is 0 Å². The van der Waals surface area contributed by atoms with Crippen molar-refractivity contribution in [2.45, 2.75) is 0 Å². The van der Waals surface area contributed by atoms with Gasteiger partial charge in [-0.15, -0.1) is 0 Å². The topological polar surface area (TPSA) is 49.3 Å². The molecule has 0 unspecified atom stereocenters. The highest BCUT2D eigenvalue weighted by molar-refractivity contribution is 6.16. The van der Waals surface area contributed by atoms with Crippen molar-refractivity contribution >= 4 is 109 Å². The lowest BCUT2D eigenvalue weighted by atomic mass is 10.0. The van der Waals surface area contributed by atoms with Crippen LogP contribution in [0, 0.1) is 0 Å². The molecule has 274 valence electrons. The molecular weight excluding hydrogens is 725 g/mol. The summed E-state index contributed by atoms with van der Waals surface area (Å²) < 4.78 is 23.7. The number of para-hydroxylation sites is 4. The quantitative estimate of drug-likeness (QED) is 0.180. The highest BCUT2D eigenvalue weighted by Gasteiger charge is 2.19. The average molecular weight is 755 g/mol. The zero-order chi connectivity index (χ0) is 38.3. The van der Waals surface area contributed by atoms with E-state index in [1.807, 2.05) is 30.3 Å². The molecule has 0 radical (unpaired) electrons. The van der Waals surface area contributed by atoms with Crippen LogP contribution in [0.1, 0.15) is 0 Å². The highest BCUT2D eigenvalue weighted by atomic mass is 16.3. The lowest BCUT2D eigenvalue weighted by molar-refractivity contribution is 0.664. The van der Waals surface area contributed by atoms with Gasteiger partial charge in [0.15, 0.2) is 0 Å². The third-order valence-corrected chi connectivity index (χ3v) is 12.5. The summed E-state index contributed by atoms with van der Waals surface area (Å²) in [6.07, 6.45) is 0. The lowest BCUT2D eigenvalue weighted by Gasteiger charge is -2.10. The van der Waals surface area contributed by atoms with Gasteiger partial charge in [0.2, 0.25) is 0 Å². The van der Waals surface area contributed by atoms with E-state index in [1.54, 1.807) is 0 Å². The van der Waals surface area contributed by atoms with Crippen LogP contribution in [-0.4, -0.2) is 9.13 Å². The summed E-state index contributed by atoms with van der Waals surface area (Å²) in [7, 11) is 0. The lowest BCUT2D eigenvalue weighted by Crippen LogP contribution is -1.93. The Labute approximate surface area is 335 Å². The Hall–Kier alpha value is -8.02. The van der Waals surface area contributed by atoms with Gasteiger partial charge in [-0.05, 0) is 108 Å². The summed E-state index contributed by atoms with van der Waals surface area (Å²) in [4.78, 5) is 0. The number of hydrogen-bond acceptors (Lipinski definition) is 3. The summed E-state index contributed by atoms with van der Waals surface area (Å²) in [5.74, 6) is 0. The fourth-order valence-corrected chi connectivity index (χ4v) is 9.84. The molecule has 0 aliphatic rings. The molecular formula is C54H30N2O3. The predicted octanol–water partition coefficient (Wildman–Crippen LogP) is 15.2. The molecule has 0 saturated carbocycles. The molecule has 5 heterocycles. The number of rotatable bonds is 3. The Morgan fingerprint density at radius 3 is 1.14 bits per heavy atom. The molecule has 0 fully saturated rings. The van der Waals surface area contributed by atoms with Crippen LogP contribution in [0.5, 0.6) is 0 Å². The molecule has 0 aliphatic carbocycles. The van der Waals surface area contributed by atoms with Gasteiger partial charge in [-0.2, -0.15) is 0 Å². The fourth-order valence-electron chi connectivity index (χ4n) is 9.84. The van der Waals surface area contributed by atoms with E-state index < -0.39 is 0 Å². The molecule has 14 rings (SSSR count). The molecule has 59 heavy (non-hydrogen) atoms. The normalized spacial score (nSPS) is 12.4. The Morgan fingerprint density at radius 2 is 0.610 bits per heavy atom. The molecule has 5 nitrogen and oxygen atoms in total. The Kier molecular flexibility index (Phi) is 5.96. The van der Waals surface area contributed by atoms with Gasteiger partial charge in [0.1, 0.15) is 33.5 Å². The summed E-state index contributed by atoms with van der Waals surface area (Å²) in [6, 6.07) is 65.0. The molecule has 5 heteroatoms. The van der Waals surface area contributed by atoms with E-state index in [0.717, 1.165) is 88.2 Å². The Morgan fingerprint density at radius 1 is 0.237 bits per heavy atom. The molecule has 0 bridgehead atoms. The van der Waals surface area contributed by atoms with Crippen molar-refractivity contribution in [1.82, 2.24) is 9.13 Å². The van der Waals surface area contributed by atoms with E-state index in [2.05, 4.69) is 161 Å². The minimum atomic E-state index is 0.857. The van der Waals surface area contributed by atoms with Crippen molar-refractivity contribution in [1.29, 1.82) is 0 Å². The number of hydrogen-bond donors (Lipinski definition) is 0. The molecule has 0 amide bonds. The fraction of sp³-hybridized carbons (Fsp3) is 0. The van der Waals surface area contributed by atoms with Gasteiger partial charge in [-0.25, -0.2) is 0 Å². The predicted molar refractivity (Wildman–Crippen MR) is 242 cm³/mol. The molecule has 0 spiro atoms. The second-order valence-electron chi connectivity index (χ2n) is 15.7. The van der Waals surface area contributed by atoms with E-state index in [-0.39, 0.29) is 0 Å². The maximum absolute atomic E-state index is 6.45. The molecule has 0 saturated heterocycles. The monoisotopic (exact) mass is 754 g/mol. The zero-order valence-corrected chi connectivity index (χ0v) is 31.4. The van der Waals surface area contributed by atoms with Crippen molar-refractivity contribution < 1.29 is 13.3 Å². The second kappa shape index (κ2) is 11.3. The van der Waals surface area contributed by atoms with Gasteiger partial charge >= 0.3 is 0 Å². The standard InChI is InChI=1S/C54H30N2O3/c1-5-13-45-35(9-1)39-25-31(17-21-47(39)55(45)33-19-23-51-41(27-33)37-11-3-7-15-49(37)57-51)32-18-22-48-40(26-32)36-10-2-6-14-46(36)56(48)34-20-24-52-42(28-34)44-30-53-43(29-54(44)59-52)38-12-4-8-16-50(38)58-53/h1-30H. The van der Waals surface area contributed by atoms with Gasteiger partial charge in [0, 0.05) is 65.2 Å². The number of fused-ring (bicyclic) bond motifs is 15. The van der Waals surface area contributed by atoms with Gasteiger partial charge in [0.25, 0.3) is 0 Å².